The lowest BCUT2D eigenvalue weighted by molar-refractivity contribution is -0.150. The number of esters is 2. The van der Waals surface area contributed by atoms with Crippen LogP contribution in [-0.4, -0.2) is 71.0 Å². The average molecular weight is 268 g/mol. The van der Waals surface area contributed by atoms with E-state index < -0.39 is 24.1 Å². The van der Waals surface area contributed by atoms with Gasteiger partial charge in [-0.1, -0.05) is 0 Å². The summed E-state index contributed by atoms with van der Waals surface area (Å²) in [4.78, 5) is 20.2. The van der Waals surface area contributed by atoms with Crippen molar-refractivity contribution in [2.24, 2.45) is 0 Å². The molecule has 4 N–H and O–H groups in total. The Morgan fingerprint density at radius 3 is 1.72 bits per heavy atom. The van der Waals surface area contributed by atoms with Gasteiger partial charge >= 0.3 is 11.9 Å². The number of hydrogen-bond acceptors (Lipinski definition) is 8. The molecule has 0 radical (unpaired) electrons. The number of carbonyl (C=O) groups excluding carboxylic acids is 2. The van der Waals surface area contributed by atoms with E-state index in [-0.39, 0.29) is 26.4 Å². The third-order valence-electron chi connectivity index (χ3n) is 1.43. The molecule has 1 unspecified atom stereocenters. The van der Waals surface area contributed by atoms with Crippen LogP contribution in [0.4, 0.5) is 0 Å². The minimum absolute atomic E-state index is 0.133. The fourth-order valence-corrected chi connectivity index (χ4v) is 0.633. The molecule has 0 rings (SSSR count). The van der Waals surface area contributed by atoms with Gasteiger partial charge in [0.2, 0.25) is 0 Å². The molecule has 0 fully saturated rings. The predicted molar refractivity (Wildman–Crippen MR) is 59.5 cm³/mol. The summed E-state index contributed by atoms with van der Waals surface area (Å²) >= 11 is 0. The van der Waals surface area contributed by atoms with Crippen molar-refractivity contribution < 1.29 is 39.5 Å². The summed E-state index contributed by atoms with van der Waals surface area (Å²) in [5.41, 5.74) is 0. The molecule has 8 heteroatoms. The molecule has 0 aliphatic carbocycles. The Hall–Kier alpha value is -1.22. The normalized spacial score (nSPS) is 11.3. The third kappa shape index (κ3) is 14.8. The van der Waals surface area contributed by atoms with E-state index >= 15 is 0 Å². The molecule has 1 atom stereocenters. The van der Waals surface area contributed by atoms with E-state index in [1.54, 1.807) is 0 Å². The zero-order chi connectivity index (χ0) is 14.6. The van der Waals surface area contributed by atoms with E-state index in [1.807, 2.05) is 0 Å². The standard InChI is InChI=1S/2C5H10O4/c1-4(7)9-3-5(8)2-6;1-4(8)9-5(2-6)3-7/h5-6,8H,2-3H2,1H3;5-7H,2-3H2,1H3. The van der Waals surface area contributed by atoms with Gasteiger partial charge in [-0.3, -0.25) is 9.59 Å². The SMILES string of the molecule is CC(=O)OC(CO)CO.CC(=O)OCC(O)CO. The van der Waals surface area contributed by atoms with Crippen molar-refractivity contribution in [2.45, 2.75) is 26.1 Å². The van der Waals surface area contributed by atoms with Crippen LogP contribution < -0.4 is 0 Å². The van der Waals surface area contributed by atoms with Crippen LogP contribution in [0.25, 0.3) is 0 Å². The highest BCUT2D eigenvalue weighted by Gasteiger charge is 2.07. The first-order valence-electron chi connectivity index (χ1n) is 5.18. The molecule has 0 aliphatic heterocycles. The zero-order valence-electron chi connectivity index (χ0n) is 10.4. The number of aliphatic hydroxyl groups is 4. The van der Waals surface area contributed by atoms with E-state index in [4.69, 9.17) is 20.4 Å². The van der Waals surface area contributed by atoms with Crippen LogP contribution in [0.2, 0.25) is 0 Å². The Labute approximate surface area is 105 Å². The molecule has 0 saturated carbocycles. The van der Waals surface area contributed by atoms with E-state index in [2.05, 4.69) is 9.47 Å². The van der Waals surface area contributed by atoms with Crippen LogP contribution in [0.15, 0.2) is 0 Å². The minimum Gasteiger partial charge on any atom is -0.463 e. The number of ether oxygens (including phenoxy) is 2. The van der Waals surface area contributed by atoms with Crippen molar-refractivity contribution in [1.82, 2.24) is 0 Å². The Bertz CT molecular complexity index is 226. The molecule has 0 aromatic carbocycles. The second-order valence-corrected chi connectivity index (χ2v) is 3.24. The lowest BCUT2D eigenvalue weighted by atomic mass is 10.4. The molecule has 0 heterocycles. The van der Waals surface area contributed by atoms with Crippen molar-refractivity contribution >= 4 is 11.9 Å². The van der Waals surface area contributed by atoms with Gasteiger partial charge in [0.1, 0.15) is 18.8 Å². The Kier molecular flexibility index (Phi) is 13.0. The topological polar surface area (TPSA) is 134 Å². The van der Waals surface area contributed by atoms with Crippen molar-refractivity contribution in [3.8, 4) is 0 Å². The second-order valence-electron chi connectivity index (χ2n) is 3.24. The van der Waals surface area contributed by atoms with Crippen molar-refractivity contribution in [3.05, 3.63) is 0 Å². The van der Waals surface area contributed by atoms with Crippen molar-refractivity contribution in [2.75, 3.05) is 26.4 Å². The van der Waals surface area contributed by atoms with E-state index in [0.717, 1.165) is 0 Å². The summed E-state index contributed by atoms with van der Waals surface area (Å²) in [6, 6.07) is 0. The average Bonchev–Trinajstić information content (AvgIpc) is 2.33. The summed E-state index contributed by atoms with van der Waals surface area (Å²) in [5.74, 6) is -0.953. The van der Waals surface area contributed by atoms with Crippen molar-refractivity contribution in [3.63, 3.8) is 0 Å². The van der Waals surface area contributed by atoms with Crippen LogP contribution in [0.5, 0.6) is 0 Å². The first kappa shape index (κ1) is 19.1. The van der Waals surface area contributed by atoms with Crippen LogP contribution in [0, 0.1) is 0 Å². The van der Waals surface area contributed by atoms with Gasteiger partial charge < -0.3 is 29.9 Å². The summed E-state index contributed by atoms with van der Waals surface area (Å²) in [7, 11) is 0. The summed E-state index contributed by atoms with van der Waals surface area (Å²) < 4.78 is 8.76. The number of aliphatic hydroxyl groups excluding tert-OH is 4. The largest absolute Gasteiger partial charge is 0.463 e. The van der Waals surface area contributed by atoms with Gasteiger partial charge in [-0.05, 0) is 0 Å². The molecule has 0 saturated heterocycles. The van der Waals surface area contributed by atoms with Gasteiger partial charge in [0.05, 0.1) is 19.8 Å². The molecule has 18 heavy (non-hydrogen) atoms. The van der Waals surface area contributed by atoms with Gasteiger partial charge in [0.25, 0.3) is 0 Å². The molecule has 0 bridgehead atoms. The molecule has 0 aromatic rings. The predicted octanol–water partition coefficient (Wildman–Crippen LogP) is -2.19. The van der Waals surface area contributed by atoms with Gasteiger partial charge in [-0.15, -0.1) is 0 Å². The first-order chi connectivity index (χ1) is 8.37. The highest BCUT2D eigenvalue weighted by atomic mass is 16.6. The number of rotatable bonds is 6. The maximum atomic E-state index is 10.1. The van der Waals surface area contributed by atoms with Gasteiger partial charge in [0.15, 0.2) is 0 Å². The molecule has 0 spiro atoms. The molecular weight excluding hydrogens is 248 g/mol. The molecular formula is C10H20O8. The van der Waals surface area contributed by atoms with E-state index in [1.165, 1.54) is 13.8 Å². The van der Waals surface area contributed by atoms with Gasteiger partial charge in [0, 0.05) is 13.8 Å². The Morgan fingerprint density at radius 2 is 1.50 bits per heavy atom. The van der Waals surface area contributed by atoms with Crippen LogP contribution in [0.3, 0.4) is 0 Å². The lowest BCUT2D eigenvalue weighted by Gasteiger charge is -2.09. The fourth-order valence-electron chi connectivity index (χ4n) is 0.633. The van der Waals surface area contributed by atoms with Crippen LogP contribution in [0.1, 0.15) is 13.8 Å². The molecule has 0 aliphatic rings. The van der Waals surface area contributed by atoms with Gasteiger partial charge in [-0.25, -0.2) is 0 Å². The number of carbonyl (C=O) groups is 2. The Balaban J connectivity index is 0. The minimum atomic E-state index is -0.950. The highest BCUT2D eigenvalue weighted by molar-refractivity contribution is 5.66. The molecule has 8 nitrogen and oxygen atoms in total. The summed E-state index contributed by atoms with van der Waals surface area (Å²) in [5, 5.41) is 33.5. The third-order valence-corrected chi connectivity index (χ3v) is 1.43. The molecule has 0 aromatic heterocycles. The zero-order valence-corrected chi connectivity index (χ0v) is 10.4. The lowest BCUT2D eigenvalue weighted by Crippen LogP contribution is -2.24. The second kappa shape index (κ2) is 12.2. The smallest absolute Gasteiger partial charge is 0.303 e. The first-order valence-corrected chi connectivity index (χ1v) is 5.18. The van der Waals surface area contributed by atoms with Crippen LogP contribution >= 0.6 is 0 Å². The fraction of sp³-hybridized carbons (Fsp3) is 0.800. The highest BCUT2D eigenvalue weighted by Crippen LogP contribution is 1.88. The maximum Gasteiger partial charge on any atom is 0.303 e. The maximum absolute atomic E-state index is 10.1. The summed E-state index contributed by atoms with van der Waals surface area (Å²) in [6.07, 6.45) is -1.71. The molecule has 0 amide bonds. The van der Waals surface area contributed by atoms with Crippen molar-refractivity contribution in [1.29, 1.82) is 0 Å². The van der Waals surface area contributed by atoms with E-state index in [0.29, 0.717) is 0 Å². The van der Waals surface area contributed by atoms with Crippen LogP contribution in [-0.2, 0) is 19.1 Å². The monoisotopic (exact) mass is 268 g/mol. The molecule has 108 valence electrons. The Morgan fingerprint density at radius 1 is 1.00 bits per heavy atom. The summed E-state index contributed by atoms with van der Waals surface area (Å²) in [6.45, 7) is 1.27. The quantitative estimate of drug-likeness (QED) is 0.399. The van der Waals surface area contributed by atoms with Gasteiger partial charge in [-0.2, -0.15) is 0 Å². The number of hydrogen-bond donors (Lipinski definition) is 4. The van der Waals surface area contributed by atoms with E-state index in [9.17, 15) is 9.59 Å².